The Morgan fingerprint density at radius 2 is 1.27 bits per heavy atom. The molecule has 1 heterocycles. The van der Waals surface area contributed by atoms with Crippen LogP contribution in [0.3, 0.4) is 0 Å². The summed E-state index contributed by atoms with van der Waals surface area (Å²) in [5.41, 5.74) is 7.07. The van der Waals surface area contributed by atoms with E-state index in [2.05, 4.69) is 158 Å². The van der Waals surface area contributed by atoms with E-state index < -0.39 is 0 Å². The molecule has 6 heteroatoms. The SMILES string of the molecule is C=CC(/C=C/c1ccc(N(C)C)cc1)=C\C=[NH+]CCSSCC[n+]1ccc(/C=C/c2ccc(N(C)C)cc2)cc1. The number of pyridine rings is 1. The van der Waals surface area contributed by atoms with Gasteiger partial charge in [-0.05, 0) is 46.5 Å². The van der Waals surface area contributed by atoms with E-state index >= 15 is 0 Å². The van der Waals surface area contributed by atoms with Crippen LogP contribution in [-0.4, -0.2) is 52.5 Å². The van der Waals surface area contributed by atoms with Gasteiger partial charge in [-0.25, -0.2) is 9.56 Å². The van der Waals surface area contributed by atoms with Crippen LogP contribution in [0.1, 0.15) is 16.7 Å². The molecule has 0 spiro atoms. The monoisotopic (exact) mass is 570 g/mol. The lowest BCUT2D eigenvalue weighted by Crippen LogP contribution is -2.69. The minimum Gasteiger partial charge on any atom is -0.378 e. The number of aromatic nitrogens is 1. The van der Waals surface area contributed by atoms with Crippen molar-refractivity contribution in [1.82, 2.24) is 0 Å². The molecule has 40 heavy (non-hydrogen) atoms. The fourth-order valence-corrected chi connectivity index (χ4v) is 5.58. The molecule has 4 nitrogen and oxygen atoms in total. The summed E-state index contributed by atoms with van der Waals surface area (Å²) in [6, 6.07) is 21.4. The van der Waals surface area contributed by atoms with E-state index in [0.29, 0.717) is 0 Å². The average molecular weight is 571 g/mol. The van der Waals surface area contributed by atoms with Gasteiger partial charge >= 0.3 is 0 Å². The van der Waals surface area contributed by atoms with E-state index in [1.807, 2.05) is 33.9 Å². The molecule has 0 saturated heterocycles. The van der Waals surface area contributed by atoms with Crippen LogP contribution in [-0.2, 0) is 6.54 Å². The van der Waals surface area contributed by atoms with Gasteiger partial charge in [-0.3, -0.25) is 0 Å². The number of nitrogens with zero attached hydrogens (tertiary/aromatic N) is 3. The Kier molecular flexibility index (Phi) is 13.4. The van der Waals surface area contributed by atoms with Crippen molar-refractivity contribution in [2.45, 2.75) is 6.54 Å². The van der Waals surface area contributed by atoms with Gasteiger partial charge in [-0.2, -0.15) is 0 Å². The van der Waals surface area contributed by atoms with Gasteiger partial charge in [0.1, 0.15) is 0 Å². The van der Waals surface area contributed by atoms with Crippen molar-refractivity contribution < 1.29 is 9.56 Å². The van der Waals surface area contributed by atoms with Gasteiger partial charge in [0.15, 0.2) is 31.7 Å². The second kappa shape index (κ2) is 17.3. The zero-order valence-electron chi connectivity index (χ0n) is 24.2. The molecule has 0 saturated carbocycles. The van der Waals surface area contributed by atoms with Crippen molar-refractivity contribution in [1.29, 1.82) is 0 Å². The van der Waals surface area contributed by atoms with Gasteiger partial charge in [-0.15, -0.1) is 0 Å². The Labute approximate surface area is 248 Å². The lowest BCUT2D eigenvalue weighted by molar-refractivity contribution is -0.692. The van der Waals surface area contributed by atoms with Gasteiger partial charge in [0.05, 0.1) is 11.5 Å². The molecule has 208 valence electrons. The Morgan fingerprint density at radius 3 is 1.82 bits per heavy atom. The van der Waals surface area contributed by atoms with Crippen molar-refractivity contribution in [3.63, 3.8) is 0 Å². The van der Waals surface area contributed by atoms with Gasteiger partial charge in [-0.1, -0.05) is 82.8 Å². The molecule has 0 aliphatic heterocycles. The number of rotatable bonds is 15. The lowest BCUT2D eigenvalue weighted by atomic mass is 10.1. The number of anilines is 2. The Morgan fingerprint density at radius 1 is 0.750 bits per heavy atom. The van der Waals surface area contributed by atoms with E-state index in [4.69, 9.17) is 0 Å². The second-order valence-corrected chi connectivity index (χ2v) is 12.3. The summed E-state index contributed by atoms with van der Waals surface area (Å²) in [7, 11) is 12.0. The summed E-state index contributed by atoms with van der Waals surface area (Å²) in [5.74, 6) is 2.13. The second-order valence-electron chi connectivity index (χ2n) is 9.64. The molecule has 0 amide bonds. The molecule has 3 rings (SSSR count). The summed E-state index contributed by atoms with van der Waals surface area (Å²) >= 11 is 0. The zero-order chi connectivity index (χ0) is 28.6. The number of nitrogens with one attached hydrogen (secondary N) is 1. The van der Waals surface area contributed by atoms with E-state index in [9.17, 15) is 0 Å². The highest BCUT2D eigenvalue weighted by atomic mass is 33.1. The minimum atomic E-state index is 0.931. The highest BCUT2D eigenvalue weighted by Gasteiger charge is 2.01. The Bertz CT molecular complexity index is 1290. The molecule has 1 N–H and O–H groups in total. The highest BCUT2D eigenvalue weighted by Crippen LogP contribution is 2.19. The maximum absolute atomic E-state index is 3.93. The Balaban J connectivity index is 1.31. The van der Waals surface area contributed by atoms with Crippen LogP contribution < -0.4 is 19.4 Å². The molecule has 0 radical (unpaired) electrons. The summed E-state index contributed by atoms with van der Waals surface area (Å²) in [6.45, 7) is 5.86. The molecule has 0 aliphatic rings. The predicted octanol–water partition coefficient (Wildman–Crippen LogP) is 5.64. The van der Waals surface area contributed by atoms with Crippen LogP contribution in [0.15, 0.2) is 103 Å². The summed E-state index contributed by atoms with van der Waals surface area (Å²) in [4.78, 5) is 7.59. The molecular weight excluding hydrogens is 529 g/mol. The minimum absolute atomic E-state index is 0.931. The first-order valence-corrected chi connectivity index (χ1v) is 16.0. The van der Waals surface area contributed by atoms with Crippen molar-refractivity contribution in [3.8, 4) is 0 Å². The Hall–Kier alpha value is -3.48. The number of aryl methyl sites for hydroxylation is 1. The third kappa shape index (κ3) is 11.3. The van der Waals surface area contributed by atoms with Crippen LogP contribution in [0, 0.1) is 0 Å². The zero-order valence-corrected chi connectivity index (χ0v) is 25.8. The first kappa shape index (κ1) is 31.1. The number of allylic oxidation sites excluding steroid dienone is 4. The molecule has 0 bridgehead atoms. The molecule has 2 aromatic carbocycles. The standard InChI is InChI=1S/C34H41N4S2/c1-6-29(7-8-30-11-15-33(16-12-30)36(2)3)19-22-35-23-27-39-40-28-26-38-24-20-32(21-25-38)10-9-31-13-17-34(18-14-31)37(4)5/h6-22,24-25H,1,23,26-28H2,2-5H3/q+1/p+1/b8-7+,29-19+,35-22?. The summed E-state index contributed by atoms with van der Waals surface area (Å²) in [5, 5.41) is 0. The van der Waals surface area contributed by atoms with Crippen LogP contribution in [0.25, 0.3) is 18.2 Å². The fraction of sp³-hybridized carbons (Fsp3) is 0.235. The van der Waals surface area contributed by atoms with E-state index in [1.165, 1.54) is 28.1 Å². The summed E-state index contributed by atoms with van der Waals surface area (Å²) < 4.78 is 2.24. The third-order valence-electron chi connectivity index (χ3n) is 6.15. The van der Waals surface area contributed by atoms with Crippen molar-refractivity contribution in [2.24, 2.45) is 0 Å². The average Bonchev–Trinajstić information content (AvgIpc) is 2.97. The van der Waals surface area contributed by atoms with Crippen LogP contribution in [0.5, 0.6) is 0 Å². The van der Waals surface area contributed by atoms with Crippen molar-refractivity contribution in [3.05, 3.63) is 120 Å². The molecule has 0 atom stereocenters. The fourth-order valence-electron chi connectivity index (χ4n) is 3.67. The number of benzene rings is 2. The van der Waals surface area contributed by atoms with Crippen LogP contribution in [0.4, 0.5) is 11.4 Å². The summed E-state index contributed by atoms with van der Waals surface area (Å²) in [6.07, 6.45) is 18.8. The van der Waals surface area contributed by atoms with E-state index in [1.54, 1.807) is 0 Å². The smallest absolute Gasteiger partial charge is 0.169 e. The maximum Gasteiger partial charge on any atom is 0.169 e. The third-order valence-corrected chi connectivity index (χ3v) is 8.53. The normalized spacial score (nSPS) is 12.1. The van der Waals surface area contributed by atoms with E-state index in [0.717, 1.165) is 30.2 Å². The van der Waals surface area contributed by atoms with Gasteiger partial charge < -0.3 is 9.80 Å². The highest BCUT2D eigenvalue weighted by molar-refractivity contribution is 8.76. The van der Waals surface area contributed by atoms with Gasteiger partial charge in [0.25, 0.3) is 0 Å². The topological polar surface area (TPSA) is 24.3 Å². The molecule has 0 aliphatic carbocycles. The maximum atomic E-state index is 3.93. The lowest BCUT2D eigenvalue weighted by Gasteiger charge is -2.11. The van der Waals surface area contributed by atoms with Crippen molar-refractivity contribution >= 4 is 57.4 Å². The molecule has 0 fully saturated rings. The van der Waals surface area contributed by atoms with Crippen LogP contribution in [0.2, 0.25) is 0 Å². The van der Waals surface area contributed by atoms with Gasteiger partial charge in [0, 0.05) is 57.8 Å². The molecule has 3 aromatic rings. The molecule has 1 aromatic heterocycles. The van der Waals surface area contributed by atoms with Gasteiger partial charge in [0.2, 0.25) is 0 Å². The number of hydrogen-bond acceptors (Lipinski definition) is 4. The number of hydrogen-bond donors (Lipinski definition) is 1. The van der Waals surface area contributed by atoms with Crippen molar-refractivity contribution in [2.75, 3.05) is 56.0 Å². The molecule has 0 unspecified atom stereocenters. The predicted molar refractivity (Wildman–Crippen MR) is 181 cm³/mol. The quantitative estimate of drug-likeness (QED) is 0.0841. The first-order chi connectivity index (χ1) is 19.4. The molecular formula is C34H42N4S2+2. The van der Waals surface area contributed by atoms with E-state index in [-0.39, 0.29) is 0 Å². The first-order valence-electron chi connectivity index (χ1n) is 13.5. The van der Waals surface area contributed by atoms with Crippen LogP contribution >= 0.6 is 21.6 Å². The largest absolute Gasteiger partial charge is 0.378 e.